The Labute approximate surface area is 126 Å². The summed E-state index contributed by atoms with van der Waals surface area (Å²) in [6.45, 7) is 1.44. The quantitative estimate of drug-likeness (QED) is 0.768. The molecule has 0 radical (unpaired) electrons. The van der Waals surface area contributed by atoms with Gasteiger partial charge >= 0.3 is 0 Å². The first kappa shape index (κ1) is 13.7. The molecular formula is C15H13N5O2. The van der Waals surface area contributed by atoms with E-state index >= 15 is 0 Å². The molecule has 3 aromatic rings. The molecule has 0 aliphatic rings. The highest BCUT2D eigenvalue weighted by atomic mass is 16.4. The van der Waals surface area contributed by atoms with Gasteiger partial charge in [0.05, 0.1) is 18.1 Å². The van der Waals surface area contributed by atoms with Crippen molar-refractivity contribution in [3.63, 3.8) is 0 Å². The lowest BCUT2D eigenvalue weighted by molar-refractivity contribution is -0.114. The first-order valence-electron chi connectivity index (χ1n) is 6.56. The fourth-order valence-corrected chi connectivity index (χ4v) is 1.93. The highest BCUT2D eigenvalue weighted by Gasteiger charge is 2.05. The molecule has 3 rings (SSSR count). The molecule has 0 atom stereocenters. The van der Waals surface area contributed by atoms with Gasteiger partial charge in [0.2, 0.25) is 5.91 Å². The van der Waals surface area contributed by atoms with Gasteiger partial charge in [-0.2, -0.15) is 0 Å². The van der Waals surface area contributed by atoms with E-state index in [2.05, 4.69) is 25.6 Å². The number of anilines is 3. The number of carbonyl (C=O) groups is 1. The van der Waals surface area contributed by atoms with Crippen LogP contribution in [0.15, 0.2) is 53.7 Å². The second kappa shape index (κ2) is 6.04. The molecule has 0 bridgehead atoms. The summed E-state index contributed by atoms with van der Waals surface area (Å²) in [6, 6.07) is 5.93. The second-order valence-electron chi connectivity index (χ2n) is 4.54. The Balaban J connectivity index is 1.87. The van der Waals surface area contributed by atoms with Crippen molar-refractivity contribution in [2.24, 2.45) is 0 Å². The van der Waals surface area contributed by atoms with E-state index in [9.17, 15) is 4.79 Å². The molecule has 7 nitrogen and oxygen atoms in total. The number of aromatic nitrogens is 3. The molecule has 3 aromatic heterocycles. The largest absolute Gasteiger partial charge is 0.432 e. The van der Waals surface area contributed by atoms with Gasteiger partial charge in [0, 0.05) is 24.9 Å². The Bertz CT molecular complexity index is 786. The van der Waals surface area contributed by atoms with Gasteiger partial charge in [-0.15, -0.1) is 0 Å². The minimum Gasteiger partial charge on any atom is -0.432 e. The lowest BCUT2D eigenvalue weighted by Crippen LogP contribution is -2.07. The summed E-state index contributed by atoms with van der Waals surface area (Å²) in [5, 5.41) is 5.67. The SMILES string of the molecule is CC(=O)Nc1cc(-c2cncc(Nc3ncco3)c2)ccn1. The average molecular weight is 295 g/mol. The minimum atomic E-state index is -0.165. The van der Waals surface area contributed by atoms with Crippen LogP contribution in [0.4, 0.5) is 17.5 Å². The molecule has 0 spiro atoms. The Kier molecular flexibility index (Phi) is 3.78. The Hall–Kier alpha value is -3.22. The van der Waals surface area contributed by atoms with Gasteiger partial charge in [0.15, 0.2) is 0 Å². The number of hydrogen-bond donors (Lipinski definition) is 2. The molecule has 0 unspecified atom stereocenters. The maximum atomic E-state index is 11.1. The van der Waals surface area contributed by atoms with Crippen LogP contribution in [0.3, 0.4) is 0 Å². The monoisotopic (exact) mass is 295 g/mol. The van der Waals surface area contributed by atoms with E-state index in [-0.39, 0.29) is 5.91 Å². The van der Waals surface area contributed by atoms with Crippen molar-refractivity contribution in [1.29, 1.82) is 0 Å². The van der Waals surface area contributed by atoms with E-state index in [1.807, 2.05) is 12.1 Å². The van der Waals surface area contributed by atoms with Gasteiger partial charge in [-0.3, -0.25) is 9.78 Å². The summed E-state index contributed by atoms with van der Waals surface area (Å²) in [5.74, 6) is 0.332. The minimum absolute atomic E-state index is 0.165. The summed E-state index contributed by atoms with van der Waals surface area (Å²) in [5.41, 5.74) is 2.52. The molecule has 7 heteroatoms. The number of pyridine rings is 2. The Morgan fingerprint density at radius 1 is 1.14 bits per heavy atom. The van der Waals surface area contributed by atoms with E-state index in [1.54, 1.807) is 30.9 Å². The fraction of sp³-hybridized carbons (Fsp3) is 0.0667. The third-order valence-corrected chi connectivity index (χ3v) is 2.82. The van der Waals surface area contributed by atoms with Crippen LogP contribution in [0.25, 0.3) is 11.1 Å². The van der Waals surface area contributed by atoms with Crippen LogP contribution < -0.4 is 10.6 Å². The molecule has 0 aromatic carbocycles. The molecule has 22 heavy (non-hydrogen) atoms. The number of carbonyl (C=O) groups excluding carboxylic acids is 1. The van der Waals surface area contributed by atoms with Crippen LogP contribution >= 0.6 is 0 Å². The zero-order valence-electron chi connectivity index (χ0n) is 11.8. The second-order valence-corrected chi connectivity index (χ2v) is 4.54. The summed E-state index contributed by atoms with van der Waals surface area (Å²) in [6.07, 6.45) is 8.08. The predicted molar refractivity (Wildman–Crippen MR) is 81.6 cm³/mol. The van der Waals surface area contributed by atoms with Gasteiger partial charge in [0.25, 0.3) is 6.01 Å². The van der Waals surface area contributed by atoms with E-state index in [4.69, 9.17) is 4.42 Å². The van der Waals surface area contributed by atoms with Gasteiger partial charge in [0.1, 0.15) is 12.1 Å². The zero-order chi connectivity index (χ0) is 15.4. The summed E-state index contributed by atoms with van der Waals surface area (Å²) < 4.78 is 5.14. The van der Waals surface area contributed by atoms with E-state index in [0.717, 1.165) is 16.8 Å². The Morgan fingerprint density at radius 3 is 2.82 bits per heavy atom. The molecule has 110 valence electrons. The molecule has 2 N–H and O–H groups in total. The number of hydrogen-bond acceptors (Lipinski definition) is 6. The third kappa shape index (κ3) is 3.26. The summed E-state index contributed by atoms with van der Waals surface area (Å²) >= 11 is 0. The zero-order valence-corrected chi connectivity index (χ0v) is 11.8. The molecule has 0 fully saturated rings. The molecule has 0 saturated heterocycles. The van der Waals surface area contributed by atoms with Crippen LogP contribution in [0.2, 0.25) is 0 Å². The number of nitrogens with zero attached hydrogens (tertiary/aromatic N) is 3. The smallest absolute Gasteiger partial charge is 0.299 e. The van der Waals surface area contributed by atoms with E-state index in [0.29, 0.717) is 11.8 Å². The lowest BCUT2D eigenvalue weighted by Gasteiger charge is -2.07. The van der Waals surface area contributed by atoms with Gasteiger partial charge < -0.3 is 15.1 Å². The number of amides is 1. The fourth-order valence-electron chi connectivity index (χ4n) is 1.93. The van der Waals surface area contributed by atoms with Crippen LogP contribution in [0.1, 0.15) is 6.92 Å². The first-order valence-corrected chi connectivity index (χ1v) is 6.56. The summed E-state index contributed by atoms with van der Waals surface area (Å²) in [4.78, 5) is 23.4. The molecule has 1 amide bonds. The van der Waals surface area contributed by atoms with Gasteiger partial charge in [-0.25, -0.2) is 9.97 Å². The van der Waals surface area contributed by atoms with Crippen molar-refractivity contribution in [3.05, 3.63) is 49.2 Å². The van der Waals surface area contributed by atoms with Crippen LogP contribution in [0, 0.1) is 0 Å². The maximum absolute atomic E-state index is 11.1. The van der Waals surface area contributed by atoms with Crippen molar-refractivity contribution in [3.8, 4) is 11.1 Å². The third-order valence-electron chi connectivity index (χ3n) is 2.82. The van der Waals surface area contributed by atoms with Crippen molar-refractivity contribution >= 4 is 23.4 Å². The first-order chi connectivity index (χ1) is 10.7. The molecular weight excluding hydrogens is 282 g/mol. The predicted octanol–water partition coefficient (Wildman–Crippen LogP) is 2.83. The maximum Gasteiger partial charge on any atom is 0.299 e. The van der Waals surface area contributed by atoms with Gasteiger partial charge in [-0.1, -0.05) is 0 Å². The number of nitrogens with one attached hydrogen (secondary N) is 2. The van der Waals surface area contributed by atoms with Crippen LogP contribution in [-0.4, -0.2) is 20.9 Å². The summed E-state index contributed by atoms with van der Waals surface area (Å²) in [7, 11) is 0. The molecule has 0 aliphatic heterocycles. The highest BCUT2D eigenvalue weighted by molar-refractivity contribution is 5.88. The van der Waals surface area contributed by atoms with E-state index < -0.39 is 0 Å². The van der Waals surface area contributed by atoms with Crippen molar-refractivity contribution in [2.45, 2.75) is 6.92 Å². The Morgan fingerprint density at radius 2 is 2.05 bits per heavy atom. The lowest BCUT2D eigenvalue weighted by atomic mass is 10.1. The molecule has 3 heterocycles. The molecule has 0 aliphatic carbocycles. The van der Waals surface area contributed by atoms with Gasteiger partial charge in [-0.05, 0) is 23.8 Å². The number of rotatable bonds is 4. The highest BCUT2D eigenvalue weighted by Crippen LogP contribution is 2.24. The standard InChI is InChI=1S/C15H13N5O2/c1-10(21)19-14-7-11(2-3-17-14)12-6-13(9-16-8-12)20-15-18-4-5-22-15/h2-9H,1H3,(H,18,20)(H,17,19,21). The van der Waals surface area contributed by atoms with Crippen molar-refractivity contribution in [2.75, 3.05) is 10.6 Å². The molecule has 0 saturated carbocycles. The van der Waals surface area contributed by atoms with Crippen LogP contribution in [-0.2, 0) is 4.79 Å². The van der Waals surface area contributed by atoms with Crippen molar-refractivity contribution in [1.82, 2.24) is 15.0 Å². The normalized spacial score (nSPS) is 10.2. The average Bonchev–Trinajstić information content (AvgIpc) is 3.00. The van der Waals surface area contributed by atoms with E-state index in [1.165, 1.54) is 13.2 Å². The van der Waals surface area contributed by atoms with Crippen LogP contribution in [0.5, 0.6) is 0 Å². The topological polar surface area (TPSA) is 92.9 Å². The number of oxazole rings is 1. The van der Waals surface area contributed by atoms with Crippen molar-refractivity contribution < 1.29 is 9.21 Å².